The molecule has 0 spiro atoms. The average Bonchev–Trinajstić information content (AvgIpc) is 2.33. The summed E-state index contributed by atoms with van der Waals surface area (Å²) in [5.74, 6) is 0. The predicted molar refractivity (Wildman–Crippen MR) is 38.5 cm³/mol. The van der Waals surface area contributed by atoms with Gasteiger partial charge in [0.1, 0.15) is 4.83 Å². The molecule has 0 aromatic carbocycles. The molecule has 0 saturated carbocycles. The standard InChI is InChI=1S/C7H4NS/c1-2-6-3-5-9-7(6)8-4-1/h1-3,5H. The van der Waals surface area contributed by atoms with Crippen LogP contribution in [0.2, 0.25) is 0 Å². The Bertz CT molecular complexity index is 283. The number of aromatic nitrogens is 1. The highest BCUT2D eigenvalue weighted by Crippen LogP contribution is 2.15. The van der Waals surface area contributed by atoms with E-state index in [0.717, 1.165) is 4.83 Å². The number of fused-ring (bicyclic) bond motifs is 1. The van der Waals surface area contributed by atoms with Crippen molar-refractivity contribution in [3.8, 4) is 0 Å². The van der Waals surface area contributed by atoms with Gasteiger partial charge in [-0.2, -0.15) is 0 Å². The molecule has 0 fully saturated rings. The zero-order valence-electron chi connectivity index (χ0n) is 4.66. The van der Waals surface area contributed by atoms with E-state index < -0.39 is 0 Å². The van der Waals surface area contributed by atoms with Crippen molar-refractivity contribution >= 4 is 21.6 Å². The number of nitrogens with zero attached hydrogens (tertiary/aromatic N) is 1. The third-order valence-corrected chi connectivity index (χ3v) is 2.00. The molecule has 0 aliphatic heterocycles. The maximum Gasteiger partial charge on any atom is 0.124 e. The van der Waals surface area contributed by atoms with E-state index in [1.807, 2.05) is 17.5 Å². The van der Waals surface area contributed by atoms with E-state index in [4.69, 9.17) is 0 Å². The van der Waals surface area contributed by atoms with E-state index in [-0.39, 0.29) is 0 Å². The molecule has 2 aromatic heterocycles. The lowest BCUT2D eigenvalue weighted by molar-refractivity contribution is 1.42. The summed E-state index contributed by atoms with van der Waals surface area (Å²) >= 11 is 1.64. The first kappa shape index (κ1) is 4.94. The summed E-state index contributed by atoms with van der Waals surface area (Å²) in [5.41, 5.74) is 0. The number of hydrogen-bond donors (Lipinski definition) is 0. The van der Waals surface area contributed by atoms with Crippen molar-refractivity contribution in [2.45, 2.75) is 0 Å². The normalized spacial score (nSPS) is 10.2. The minimum atomic E-state index is 1.07. The summed E-state index contributed by atoms with van der Waals surface area (Å²) in [7, 11) is 0. The van der Waals surface area contributed by atoms with Gasteiger partial charge in [-0.3, -0.25) is 0 Å². The zero-order chi connectivity index (χ0) is 6.10. The highest BCUT2D eigenvalue weighted by Gasteiger charge is 1.89. The molecule has 2 heterocycles. The average molecular weight is 134 g/mol. The van der Waals surface area contributed by atoms with Crippen LogP contribution in [0.3, 0.4) is 0 Å². The molecule has 0 amide bonds. The number of pyridine rings is 1. The maximum absolute atomic E-state index is 4.03. The van der Waals surface area contributed by atoms with Gasteiger partial charge in [0.25, 0.3) is 0 Å². The molecule has 0 atom stereocenters. The molecular weight excluding hydrogens is 130 g/mol. The maximum atomic E-state index is 4.03. The second-order valence-corrected chi connectivity index (χ2v) is 2.65. The largest absolute Gasteiger partial charge is 0.235 e. The first-order valence-corrected chi connectivity index (χ1v) is 3.55. The fourth-order valence-corrected chi connectivity index (χ4v) is 1.47. The molecule has 43 valence electrons. The predicted octanol–water partition coefficient (Wildman–Crippen LogP) is 2.10. The molecule has 1 nitrogen and oxygen atoms in total. The van der Waals surface area contributed by atoms with Crippen molar-refractivity contribution in [3.63, 3.8) is 0 Å². The highest BCUT2D eigenvalue weighted by molar-refractivity contribution is 7.16. The van der Waals surface area contributed by atoms with E-state index in [0.29, 0.717) is 0 Å². The van der Waals surface area contributed by atoms with Crippen LogP contribution in [0, 0.1) is 6.20 Å². The lowest BCUT2D eigenvalue weighted by atomic mass is 10.4. The Kier molecular flexibility index (Phi) is 0.993. The lowest BCUT2D eigenvalue weighted by Gasteiger charge is -1.80. The Hall–Kier alpha value is -0.890. The molecule has 0 N–H and O–H groups in total. The van der Waals surface area contributed by atoms with Gasteiger partial charge in [-0.05, 0) is 23.6 Å². The monoisotopic (exact) mass is 134 g/mol. The molecule has 1 radical (unpaired) electrons. The van der Waals surface area contributed by atoms with Crippen LogP contribution in [-0.2, 0) is 0 Å². The Morgan fingerprint density at radius 3 is 3.33 bits per heavy atom. The first-order chi connectivity index (χ1) is 4.47. The van der Waals surface area contributed by atoms with Crippen LogP contribution < -0.4 is 0 Å². The third-order valence-electron chi connectivity index (χ3n) is 1.18. The van der Waals surface area contributed by atoms with Gasteiger partial charge in [0, 0.05) is 5.39 Å². The Morgan fingerprint density at radius 1 is 1.44 bits per heavy atom. The lowest BCUT2D eigenvalue weighted by Crippen LogP contribution is -1.66. The number of rotatable bonds is 0. The Morgan fingerprint density at radius 2 is 2.44 bits per heavy atom. The first-order valence-electron chi connectivity index (χ1n) is 2.67. The summed E-state index contributed by atoms with van der Waals surface area (Å²) in [5, 5.41) is 3.24. The van der Waals surface area contributed by atoms with Crippen LogP contribution in [0.25, 0.3) is 10.2 Å². The molecule has 9 heavy (non-hydrogen) atoms. The molecule has 0 unspecified atom stereocenters. The molecule has 0 aliphatic carbocycles. The quantitative estimate of drug-likeness (QED) is 0.537. The Balaban J connectivity index is 2.95. The SMILES string of the molecule is [c]1ccc2ccsc2n1. The number of thiophene rings is 1. The van der Waals surface area contributed by atoms with E-state index in [1.165, 1.54) is 5.39 Å². The molecule has 2 rings (SSSR count). The summed E-state index contributed by atoms with van der Waals surface area (Å²) < 4.78 is 0. The van der Waals surface area contributed by atoms with Crippen LogP contribution in [-0.4, -0.2) is 4.98 Å². The second kappa shape index (κ2) is 1.81. The van der Waals surface area contributed by atoms with Gasteiger partial charge >= 0.3 is 0 Å². The molecular formula is C7H4NS. The van der Waals surface area contributed by atoms with Gasteiger partial charge in [0.2, 0.25) is 0 Å². The van der Waals surface area contributed by atoms with Crippen molar-refractivity contribution in [3.05, 3.63) is 29.8 Å². The van der Waals surface area contributed by atoms with Crippen molar-refractivity contribution in [2.75, 3.05) is 0 Å². The summed E-state index contributed by atoms with van der Waals surface area (Å²) in [6.07, 6.45) is 2.78. The minimum absolute atomic E-state index is 1.07. The molecule has 2 heteroatoms. The van der Waals surface area contributed by atoms with Gasteiger partial charge in [-0.25, -0.2) is 4.98 Å². The van der Waals surface area contributed by atoms with Crippen LogP contribution in [0.1, 0.15) is 0 Å². The van der Waals surface area contributed by atoms with Gasteiger partial charge in [0.05, 0.1) is 6.20 Å². The van der Waals surface area contributed by atoms with Gasteiger partial charge in [0.15, 0.2) is 0 Å². The van der Waals surface area contributed by atoms with E-state index in [1.54, 1.807) is 11.3 Å². The van der Waals surface area contributed by atoms with Crippen LogP contribution in [0.15, 0.2) is 23.6 Å². The van der Waals surface area contributed by atoms with Crippen molar-refractivity contribution in [1.29, 1.82) is 0 Å². The van der Waals surface area contributed by atoms with Crippen molar-refractivity contribution in [2.24, 2.45) is 0 Å². The highest BCUT2D eigenvalue weighted by atomic mass is 32.1. The third kappa shape index (κ3) is 0.715. The van der Waals surface area contributed by atoms with Gasteiger partial charge in [-0.15, -0.1) is 11.3 Å². The topological polar surface area (TPSA) is 12.9 Å². The summed E-state index contributed by atoms with van der Waals surface area (Å²) in [6, 6.07) is 5.90. The van der Waals surface area contributed by atoms with Gasteiger partial charge < -0.3 is 0 Å². The van der Waals surface area contributed by atoms with Crippen LogP contribution in [0.4, 0.5) is 0 Å². The minimum Gasteiger partial charge on any atom is -0.235 e. The smallest absolute Gasteiger partial charge is 0.124 e. The van der Waals surface area contributed by atoms with Gasteiger partial charge in [-0.1, -0.05) is 0 Å². The molecule has 0 saturated heterocycles. The summed E-state index contributed by atoms with van der Waals surface area (Å²) in [6.45, 7) is 0. The van der Waals surface area contributed by atoms with E-state index in [2.05, 4.69) is 17.2 Å². The number of hydrogen-bond acceptors (Lipinski definition) is 2. The fourth-order valence-electron chi connectivity index (χ4n) is 0.752. The van der Waals surface area contributed by atoms with E-state index >= 15 is 0 Å². The molecule has 2 aromatic rings. The Labute approximate surface area is 57.0 Å². The molecule has 0 bridgehead atoms. The summed E-state index contributed by atoms with van der Waals surface area (Å²) in [4.78, 5) is 5.10. The zero-order valence-corrected chi connectivity index (χ0v) is 5.48. The van der Waals surface area contributed by atoms with Crippen molar-refractivity contribution < 1.29 is 0 Å². The molecule has 0 aliphatic rings. The van der Waals surface area contributed by atoms with Crippen LogP contribution >= 0.6 is 11.3 Å². The second-order valence-electron chi connectivity index (χ2n) is 1.76. The fraction of sp³-hybridized carbons (Fsp3) is 0. The van der Waals surface area contributed by atoms with Crippen molar-refractivity contribution in [1.82, 2.24) is 4.98 Å². The van der Waals surface area contributed by atoms with E-state index in [9.17, 15) is 0 Å². The van der Waals surface area contributed by atoms with Crippen LogP contribution in [0.5, 0.6) is 0 Å².